The average Bonchev–Trinajstić information content (AvgIpc) is 3.43. The SMILES string of the molecule is CC(=NCCN=C(C)c1ccc2c(c1)Cc1ccccc1-2)c1ccc2c(c1)Cc1ccccc1-2. The Morgan fingerprint density at radius 3 is 1.41 bits per heavy atom. The van der Waals surface area contributed by atoms with Crippen LogP contribution < -0.4 is 0 Å². The van der Waals surface area contributed by atoms with E-state index in [-0.39, 0.29) is 0 Å². The molecule has 0 saturated carbocycles. The number of benzene rings is 4. The second-order valence-corrected chi connectivity index (χ2v) is 9.35. The fourth-order valence-electron chi connectivity index (χ4n) is 5.36. The molecule has 0 spiro atoms. The molecule has 2 aliphatic rings. The molecule has 34 heavy (non-hydrogen) atoms. The van der Waals surface area contributed by atoms with E-state index in [1.807, 2.05) is 0 Å². The van der Waals surface area contributed by atoms with E-state index in [0.29, 0.717) is 13.1 Å². The largest absolute Gasteiger partial charge is 0.288 e. The molecule has 0 aliphatic heterocycles. The van der Waals surface area contributed by atoms with E-state index in [0.717, 1.165) is 24.3 Å². The number of fused-ring (bicyclic) bond motifs is 6. The van der Waals surface area contributed by atoms with Gasteiger partial charge >= 0.3 is 0 Å². The predicted octanol–water partition coefficient (Wildman–Crippen LogP) is 7.15. The van der Waals surface area contributed by atoms with Gasteiger partial charge < -0.3 is 0 Å². The van der Waals surface area contributed by atoms with Crippen molar-refractivity contribution in [1.82, 2.24) is 0 Å². The molecular formula is C32H28N2. The summed E-state index contributed by atoms with van der Waals surface area (Å²) in [5.41, 5.74) is 15.7. The molecule has 0 N–H and O–H groups in total. The minimum Gasteiger partial charge on any atom is -0.288 e. The first kappa shape index (κ1) is 20.8. The smallest absolute Gasteiger partial charge is 0.0588 e. The van der Waals surface area contributed by atoms with Crippen molar-refractivity contribution >= 4 is 11.4 Å². The van der Waals surface area contributed by atoms with Crippen LogP contribution in [0.3, 0.4) is 0 Å². The van der Waals surface area contributed by atoms with Crippen LogP contribution in [0.1, 0.15) is 47.2 Å². The molecule has 2 heteroatoms. The summed E-state index contributed by atoms with van der Waals surface area (Å²) < 4.78 is 0. The molecule has 0 bridgehead atoms. The Labute approximate surface area is 201 Å². The van der Waals surface area contributed by atoms with E-state index >= 15 is 0 Å². The Morgan fingerprint density at radius 2 is 0.941 bits per heavy atom. The van der Waals surface area contributed by atoms with E-state index in [4.69, 9.17) is 9.98 Å². The molecule has 0 fully saturated rings. The van der Waals surface area contributed by atoms with Crippen molar-refractivity contribution in [2.45, 2.75) is 26.7 Å². The minimum atomic E-state index is 0.705. The second-order valence-electron chi connectivity index (χ2n) is 9.35. The molecule has 0 heterocycles. The van der Waals surface area contributed by atoms with Crippen LogP contribution in [0.25, 0.3) is 22.3 Å². The van der Waals surface area contributed by atoms with Gasteiger partial charge in [0.25, 0.3) is 0 Å². The molecule has 6 rings (SSSR count). The van der Waals surface area contributed by atoms with Crippen LogP contribution in [0.2, 0.25) is 0 Å². The molecule has 0 amide bonds. The fourth-order valence-corrected chi connectivity index (χ4v) is 5.36. The van der Waals surface area contributed by atoms with Crippen LogP contribution in [0.4, 0.5) is 0 Å². The number of hydrogen-bond donors (Lipinski definition) is 0. The number of aliphatic imine (C=N–C) groups is 2. The standard InChI is InChI=1S/C32H28N2/c1-21(23-11-13-31-27(17-23)19-25-7-3-5-9-29(25)31)33-15-16-34-22(2)24-12-14-32-28(18-24)20-26-8-4-6-10-30(26)32/h3-14,17-18H,15-16,19-20H2,1-2H3. The predicted molar refractivity (Wildman–Crippen MR) is 144 cm³/mol. The van der Waals surface area contributed by atoms with Gasteiger partial charge in [-0.2, -0.15) is 0 Å². The van der Waals surface area contributed by atoms with Crippen LogP contribution in [-0.4, -0.2) is 24.5 Å². The van der Waals surface area contributed by atoms with Crippen LogP contribution in [-0.2, 0) is 12.8 Å². The van der Waals surface area contributed by atoms with E-state index in [9.17, 15) is 0 Å². The van der Waals surface area contributed by atoms with Gasteiger partial charge in [-0.1, -0.05) is 72.8 Å². The lowest BCUT2D eigenvalue weighted by Gasteiger charge is -2.06. The van der Waals surface area contributed by atoms with Crippen molar-refractivity contribution in [3.05, 3.63) is 118 Å². The summed E-state index contributed by atoms with van der Waals surface area (Å²) in [5.74, 6) is 0. The van der Waals surface area contributed by atoms with Gasteiger partial charge in [-0.25, -0.2) is 0 Å². The summed E-state index contributed by atoms with van der Waals surface area (Å²) in [5, 5.41) is 0. The van der Waals surface area contributed by atoms with Crippen molar-refractivity contribution in [1.29, 1.82) is 0 Å². The Balaban J connectivity index is 1.12. The summed E-state index contributed by atoms with van der Waals surface area (Å²) in [4.78, 5) is 9.66. The quantitative estimate of drug-likeness (QED) is 0.201. The second kappa shape index (κ2) is 8.53. The average molecular weight is 441 g/mol. The monoisotopic (exact) mass is 440 g/mol. The highest BCUT2D eigenvalue weighted by molar-refractivity contribution is 6.00. The highest BCUT2D eigenvalue weighted by Gasteiger charge is 2.19. The van der Waals surface area contributed by atoms with E-state index < -0.39 is 0 Å². The Morgan fingerprint density at radius 1 is 0.529 bits per heavy atom. The van der Waals surface area contributed by atoms with Gasteiger partial charge in [0, 0.05) is 11.4 Å². The first-order valence-electron chi connectivity index (χ1n) is 12.1. The van der Waals surface area contributed by atoms with Crippen molar-refractivity contribution in [2.24, 2.45) is 9.98 Å². The lowest BCUT2D eigenvalue weighted by Crippen LogP contribution is -2.02. The zero-order chi connectivity index (χ0) is 23.1. The third-order valence-electron chi connectivity index (χ3n) is 7.22. The van der Waals surface area contributed by atoms with Crippen LogP contribution in [0.5, 0.6) is 0 Å². The summed E-state index contributed by atoms with van der Waals surface area (Å²) in [6.45, 7) is 5.63. The van der Waals surface area contributed by atoms with Crippen molar-refractivity contribution in [3.8, 4) is 22.3 Å². The highest BCUT2D eigenvalue weighted by atomic mass is 14.8. The Hall–Kier alpha value is -3.78. The van der Waals surface area contributed by atoms with E-state index in [1.165, 1.54) is 55.6 Å². The minimum absolute atomic E-state index is 0.705. The lowest BCUT2D eigenvalue weighted by molar-refractivity contribution is 0.973. The maximum atomic E-state index is 4.83. The number of nitrogens with zero attached hydrogens (tertiary/aromatic N) is 2. The summed E-state index contributed by atoms with van der Waals surface area (Å²) in [6.07, 6.45) is 2.03. The van der Waals surface area contributed by atoms with Crippen LogP contribution >= 0.6 is 0 Å². The van der Waals surface area contributed by atoms with Gasteiger partial charge in [0.15, 0.2) is 0 Å². The maximum Gasteiger partial charge on any atom is 0.0588 e. The topological polar surface area (TPSA) is 24.7 Å². The van der Waals surface area contributed by atoms with Gasteiger partial charge in [0.2, 0.25) is 0 Å². The summed E-state index contributed by atoms with van der Waals surface area (Å²) in [7, 11) is 0. The van der Waals surface area contributed by atoms with Gasteiger partial charge in [0.05, 0.1) is 13.1 Å². The molecule has 0 aromatic heterocycles. The molecule has 0 unspecified atom stereocenters. The fraction of sp³-hybridized carbons (Fsp3) is 0.188. The lowest BCUT2D eigenvalue weighted by atomic mass is 10.0. The van der Waals surface area contributed by atoms with E-state index in [1.54, 1.807) is 0 Å². The van der Waals surface area contributed by atoms with Crippen molar-refractivity contribution < 1.29 is 0 Å². The van der Waals surface area contributed by atoms with Crippen molar-refractivity contribution in [3.63, 3.8) is 0 Å². The summed E-state index contributed by atoms with van der Waals surface area (Å²) in [6, 6.07) is 31.0. The molecule has 0 radical (unpaired) electrons. The molecule has 0 saturated heterocycles. The molecule has 2 aliphatic carbocycles. The van der Waals surface area contributed by atoms with Gasteiger partial charge in [-0.15, -0.1) is 0 Å². The normalized spacial score (nSPS) is 13.9. The third kappa shape index (κ3) is 3.70. The number of rotatable bonds is 5. The first-order chi connectivity index (χ1) is 16.7. The van der Waals surface area contributed by atoms with Crippen molar-refractivity contribution in [2.75, 3.05) is 13.1 Å². The van der Waals surface area contributed by atoms with Gasteiger partial charge in [-0.05, 0) is 94.5 Å². The van der Waals surface area contributed by atoms with E-state index in [2.05, 4.69) is 98.8 Å². The number of hydrogen-bond acceptors (Lipinski definition) is 2. The molecule has 0 atom stereocenters. The third-order valence-corrected chi connectivity index (χ3v) is 7.22. The molecule has 2 nitrogen and oxygen atoms in total. The maximum absolute atomic E-state index is 4.83. The zero-order valence-electron chi connectivity index (χ0n) is 19.8. The van der Waals surface area contributed by atoms with Gasteiger partial charge in [-0.3, -0.25) is 9.98 Å². The first-order valence-corrected chi connectivity index (χ1v) is 12.1. The molecule has 166 valence electrons. The molecule has 4 aromatic rings. The van der Waals surface area contributed by atoms with Crippen LogP contribution in [0.15, 0.2) is 94.9 Å². The van der Waals surface area contributed by atoms with Gasteiger partial charge in [0.1, 0.15) is 0 Å². The Bertz CT molecular complexity index is 1360. The summed E-state index contributed by atoms with van der Waals surface area (Å²) >= 11 is 0. The Kier molecular flexibility index (Phi) is 5.22. The molecular weight excluding hydrogens is 412 g/mol. The zero-order valence-corrected chi connectivity index (χ0v) is 19.8. The van der Waals surface area contributed by atoms with Crippen LogP contribution in [0, 0.1) is 0 Å². The highest BCUT2D eigenvalue weighted by Crippen LogP contribution is 2.37. The molecule has 4 aromatic carbocycles.